The minimum Gasteiger partial charge on any atom is -0.338 e. The molecule has 1 heterocycles. The molecule has 0 bridgehead atoms. The minimum absolute atomic E-state index is 0.185. The SMILES string of the molecule is NCc1cccc(C(=O)N2CCC3CCCCC3C2)c1. The van der Waals surface area contributed by atoms with E-state index >= 15 is 0 Å². The summed E-state index contributed by atoms with van der Waals surface area (Å²) in [6.45, 7) is 2.37. The lowest BCUT2D eigenvalue weighted by Crippen LogP contribution is -2.44. The van der Waals surface area contributed by atoms with Gasteiger partial charge in [0.2, 0.25) is 0 Å². The molecule has 2 aliphatic rings. The van der Waals surface area contributed by atoms with Crippen molar-refractivity contribution in [1.29, 1.82) is 0 Å². The number of nitrogens with two attached hydrogens (primary N) is 1. The van der Waals surface area contributed by atoms with E-state index in [1.807, 2.05) is 24.3 Å². The fourth-order valence-electron chi connectivity index (χ4n) is 3.80. The summed E-state index contributed by atoms with van der Waals surface area (Å²) in [5.41, 5.74) is 7.48. The van der Waals surface area contributed by atoms with E-state index in [9.17, 15) is 4.79 Å². The molecule has 0 radical (unpaired) electrons. The molecule has 108 valence electrons. The molecule has 1 aliphatic carbocycles. The number of carbonyl (C=O) groups is 1. The number of hydrogen-bond donors (Lipinski definition) is 1. The highest BCUT2D eigenvalue weighted by Gasteiger charge is 2.33. The first-order valence-corrected chi connectivity index (χ1v) is 7.86. The summed E-state index contributed by atoms with van der Waals surface area (Å²) in [5.74, 6) is 1.78. The first-order chi connectivity index (χ1) is 9.78. The van der Waals surface area contributed by atoms with Gasteiger partial charge >= 0.3 is 0 Å². The lowest BCUT2D eigenvalue weighted by atomic mass is 9.75. The van der Waals surface area contributed by atoms with Gasteiger partial charge < -0.3 is 10.6 Å². The van der Waals surface area contributed by atoms with Crippen LogP contribution in [0.4, 0.5) is 0 Å². The molecule has 1 aromatic rings. The average molecular weight is 272 g/mol. The number of piperidine rings is 1. The van der Waals surface area contributed by atoms with Crippen LogP contribution in [0.5, 0.6) is 0 Å². The van der Waals surface area contributed by atoms with Gasteiger partial charge in [0.15, 0.2) is 0 Å². The third-order valence-corrected chi connectivity index (χ3v) is 4.99. The number of benzene rings is 1. The van der Waals surface area contributed by atoms with Gasteiger partial charge in [-0.1, -0.05) is 31.4 Å². The lowest BCUT2D eigenvalue weighted by Gasteiger charge is -2.41. The van der Waals surface area contributed by atoms with Crippen molar-refractivity contribution in [1.82, 2.24) is 4.90 Å². The maximum atomic E-state index is 12.6. The number of carbonyl (C=O) groups excluding carboxylic acids is 1. The third kappa shape index (κ3) is 2.73. The van der Waals surface area contributed by atoms with E-state index in [2.05, 4.69) is 4.90 Å². The van der Waals surface area contributed by atoms with Gasteiger partial charge in [0.25, 0.3) is 5.91 Å². The summed E-state index contributed by atoms with van der Waals surface area (Å²) in [5, 5.41) is 0. The monoisotopic (exact) mass is 272 g/mol. The van der Waals surface area contributed by atoms with Gasteiger partial charge in [-0.05, 0) is 42.4 Å². The molecule has 2 atom stereocenters. The van der Waals surface area contributed by atoms with Crippen molar-refractivity contribution in [3.05, 3.63) is 35.4 Å². The number of rotatable bonds is 2. The van der Waals surface area contributed by atoms with Crippen molar-refractivity contribution in [3.63, 3.8) is 0 Å². The van der Waals surface area contributed by atoms with E-state index in [0.717, 1.165) is 36.1 Å². The number of fused-ring (bicyclic) bond motifs is 1. The van der Waals surface area contributed by atoms with E-state index in [0.29, 0.717) is 6.54 Å². The van der Waals surface area contributed by atoms with Crippen molar-refractivity contribution in [2.45, 2.75) is 38.6 Å². The zero-order valence-corrected chi connectivity index (χ0v) is 12.1. The van der Waals surface area contributed by atoms with Crippen LogP contribution in [0.1, 0.15) is 48.0 Å². The molecule has 1 amide bonds. The van der Waals surface area contributed by atoms with Gasteiger partial charge in [0.05, 0.1) is 0 Å². The van der Waals surface area contributed by atoms with Crippen LogP contribution in [0, 0.1) is 11.8 Å². The molecule has 3 heteroatoms. The lowest BCUT2D eigenvalue weighted by molar-refractivity contribution is 0.0521. The fraction of sp³-hybridized carbons (Fsp3) is 0.588. The Labute approximate surface area is 121 Å². The molecule has 1 saturated heterocycles. The average Bonchev–Trinajstić information content (AvgIpc) is 2.53. The van der Waals surface area contributed by atoms with Crippen molar-refractivity contribution >= 4 is 5.91 Å². The van der Waals surface area contributed by atoms with Gasteiger partial charge in [-0.25, -0.2) is 0 Å². The summed E-state index contributed by atoms with van der Waals surface area (Å²) in [7, 11) is 0. The Balaban J connectivity index is 1.70. The van der Waals surface area contributed by atoms with Gasteiger partial charge in [-0.2, -0.15) is 0 Å². The molecular weight excluding hydrogens is 248 g/mol. The second kappa shape index (κ2) is 5.96. The number of nitrogens with zero attached hydrogens (tertiary/aromatic N) is 1. The van der Waals surface area contributed by atoms with Gasteiger partial charge in [0.1, 0.15) is 0 Å². The highest BCUT2D eigenvalue weighted by atomic mass is 16.2. The molecule has 2 N–H and O–H groups in total. The first-order valence-electron chi connectivity index (χ1n) is 7.86. The Morgan fingerprint density at radius 1 is 1.20 bits per heavy atom. The quantitative estimate of drug-likeness (QED) is 0.900. The topological polar surface area (TPSA) is 46.3 Å². The smallest absolute Gasteiger partial charge is 0.253 e. The largest absolute Gasteiger partial charge is 0.338 e. The van der Waals surface area contributed by atoms with Crippen LogP contribution in [0.2, 0.25) is 0 Å². The van der Waals surface area contributed by atoms with Crippen LogP contribution < -0.4 is 5.73 Å². The van der Waals surface area contributed by atoms with Gasteiger partial charge in [-0.15, -0.1) is 0 Å². The molecule has 3 rings (SSSR count). The maximum Gasteiger partial charge on any atom is 0.253 e. The van der Waals surface area contributed by atoms with Crippen LogP contribution in [-0.4, -0.2) is 23.9 Å². The molecule has 1 aromatic carbocycles. The standard InChI is InChI=1S/C17H24N2O/c18-11-13-4-3-7-15(10-13)17(20)19-9-8-14-5-1-2-6-16(14)12-19/h3-4,7,10,14,16H,1-2,5-6,8-9,11-12,18H2. The fourth-order valence-corrected chi connectivity index (χ4v) is 3.80. The number of likely N-dealkylation sites (tertiary alicyclic amines) is 1. The maximum absolute atomic E-state index is 12.6. The Hall–Kier alpha value is -1.35. The highest BCUT2D eigenvalue weighted by molar-refractivity contribution is 5.94. The molecule has 1 aliphatic heterocycles. The molecule has 1 saturated carbocycles. The zero-order valence-electron chi connectivity index (χ0n) is 12.1. The number of hydrogen-bond acceptors (Lipinski definition) is 2. The second-order valence-corrected chi connectivity index (χ2v) is 6.25. The molecular formula is C17H24N2O. The predicted molar refractivity (Wildman–Crippen MR) is 80.3 cm³/mol. The van der Waals surface area contributed by atoms with Gasteiger partial charge in [-0.3, -0.25) is 4.79 Å². The van der Waals surface area contributed by atoms with Gasteiger partial charge in [0, 0.05) is 25.2 Å². The molecule has 0 aromatic heterocycles. The summed E-state index contributed by atoms with van der Waals surface area (Å²) in [4.78, 5) is 14.7. The van der Waals surface area contributed by atoms with Crippen LogP contribution in [0.15, 0.2) is 24.3 Å². The zero-order chi connectivity index (χ0) is 13.9. The predicted octanol–water partition coefficient (Wildman–Crippen LogP) is 2.80. The van der Waals surface area contributed by atoms with Crippen LogP contribution in [0.3, 0.4) is 0 Å². The normalized spacial score (nSPS) is 26.1. The Kier molecular flexibility index (Phi) is 4.06. The summed E-state index contributed by atoms with van der Waals surface area (Å²) < 4.78 is 0. The highest BCUT2D eigenvalue weighted by Crippen LogP contribution is 2.36. The van der Waals surface area contributed by atoms with Crippen molar-refractivity contribution in [2.24, 2.45) is 17.6 Å². The molecule has 3 nitrogen and oxygen atoms in total. The van der Waals surface area contributed by atoms with E-state index in [4.69, 9.17) is 5.73 Å². The molecule has 0 spiro atoms. The van der Waals surface area contributed by atoms with Crippen LogP contribution >= 0.6 is 0 Å². The second-order valence-electron chi connectivity index (χ2n) is 6.25. The Morgan fingerprint density at radius 3 is 2.80 bits per heavy atom. The summed E-state index contributed by atoms with van der Waals surface area (Å²) in [6.07, 6.45) is 6.58. The summed E-state index contributed by atoms with van der Waals surface area (Å²) in [6, 6.07) is 7.76. The van der Waals surface area contributed by atoms with Crippen molar-refractivity contribution in [2.75, 3.05) is 13.1 Å². The van der Waals surface area contributed by atoms with E-state index in [-0.39, 0.29) is 5.91 Å². The third-order valence-electron chi connectivity index (χ3n) is 4.99. The van der Waals surface area contributed by atoms with E-state index in [1.165, 1.54) is 32.1 Å². The van der Waals surface area contributed by atoms with E-state index < -0.39 is 0 Å². The molecule has 20 heavy (non-hydrogen) atoms. The Bertz CT molecular complexity index is 486. The van der Waals surface area contributed by atoms with E-state index in [1.54, 1.807) is 0 Å². The Morgan fingerprint density at radius 2 is 2.00 bits per heavy atom. The summed E-state index contributed by atoms with van der Waals surface area (Å²) >= 11 is 0. The molecule has 2 unspecified atom stereocenters. The van der Waals surface area contributed by atoms with Crippen LogP contribution in [-0.2, 0) is 6.54 Å². The first kappa shape index (κ1) is 13.6. The minimum atomic E-state index is 0.185. The number of amides is 1. The van der Waals surface area contributed by atoms with Crippen LogP contribution in [0.25, 0.3) is 0 Å². The van der Waals surface area contributed by atoms with Crippen molar-refractivity contribution in [3.8, 4) is 0 Å². The molecule has 2 fully saturated rings. The van der Waals surface area contributed by atoms with Crippen molar-refractivity contribution < 1.29 is 4.79 Å².